The maximum atomic E-state index is 12.9. The van der Waals surface area contributed by atoms with Gasteiger partial charge in [0.25, 0.3) is 0 Å². The van der Waals surface area contributed by atoms with Gasteiger partial charge < -0.3 is 18.9 Å². The van der Waals surface area contributed by atoms with Gasteiger partial charge in [-0.2, -0.15) is 4.31 Å². The first-order chi connectivity index (χ1) is 14.9. The quantitative estimate of drug-likeness (QED) is 0.411. The molecule has 0 N–H and O–H groups in total. The molecule has 8 nitrogen and oxygen atoms in total. The van der Waals surface area contributed by atoms with Crippen LogP contribution in [0.3, 0.4) is 0 Å². The van der Waals surface area contributed by atoms with E-state index in [2.05, 4.69) is 0 Å². The molecule has 0 aliphatic carbocycles. The van der Waals surface area contributed by atoms with Crippen molar-refractivity contribution in [2.24, 2.45) is 0 Å². The minimum atomic E-state index is -3.84. The van der Waals surface area contributed by atoms with Crippen LogP contribution >= 0.6 is 11.6 Å². The fraction of sp³-hybridized carbons (Fsp3) is 0.381. The van der Waals surface area contributed by atoms with Crippen molar-refractivity contribution in [3.05, 3.63) is 53.1 Å². The average molecular weight is 470 g/mol. The Morgan fingerprint density at radius 2 is 1.68 bits per heavy atom. The van der Waals surface area contributed by atoms with Crippen LogP contribution in [-0.4, -0.2) is 64.8 Å². The lowest BCUT2D eigenvalue weighted by Gasteiger charge is -2.26. The van der Waals surface area contributed by atoms with Crippen LogP contribution in [-0.2, 0) is 19.5 Å². The number of benzene rings is 2. The van der Waals surface area contributed by atoms with Crippen molar-refractivity contribution in [1.29, 1.82) is 0 Å². The molecule has 1 saturated heterocycles. The highest BCUT2D eigenvalue weighted by Crippen LogP contribution is 2.27. The summed E-state index contributed by atoms with van der Waals surface area (Å²) in [5, 5.41) is 0.0434. The normalized spacial score (nSPS) is 14.8. The van der Waals surface area contributed by atoms with E-state index >= 15 is 0 Å². The lowest BCUT2D eigenvalue weighted by molar-refractivity contribution is 0.0450. The minimum Gasteiger partial charge on any atom is -0.494 e. The number of hydrogen-bond donors (Lipinski definition) is 0. The zero-order valence-electron chi connectivity index (χ0n) is 17.1. The Morgan fingerprint density at radius 3 is 2.32 bits per heavy atom. The number of rotatable bonds is 9. The number of nitrogens with zero attached hydrogens (tertiary/aromatic N) is 1. The van der Waals surface area contributed by atoms with Crippen molar-refractivity contribution < 1.29 is 32.2 Å². The SMILES string of the molecule is CCOc1ccc(OCCOC(=O)c2ccc(Cl)c(S(=O)(=O)N3CCOCC3)c2)cc1. The van der Waals surface area contributed by atoms with E-state index in [9.17, 15) is 13.2 Å². The number of morpholine rings is 1. The molecule has 10 heteroatoms. The summed E-state index contributed by atoms with van der Waals surface area (Å²) in [5.41, 5.74) is 0.0947. The summed E-state index contributed by atoms with van der Waals surface area (Å²) < 4.78 is 48.3. The number of halogens is 1. The lowest BCUT2D eigenvalue weighted by atomic mass is 10.2. The zero-order valence-corrected chi connectivity index (χ0v) is 18.7. The summed E-state index contributed by atoms with van der Waals surface area (Å²) in [6.45, 7) is 3.72. The Bertz CT molecular complexity index is 989. The Kier molecular flexibility index (Phi) is 8.14. The highest BCUT2D eigenvalue weighted by atomic mass is 35.5. The van der Waals surface area contributed by atoms with Crippen LogP contribution in [0.5, 0.6) is 11.5 Å². The number of carbonyl (C=O) groups is 1. The lowest BCUT2D eigenvalue weighted by Crippen LogP contribution is -2.40. The Balaban J connectivity index is 1.57. The van der Waals surface area contributed by atoms with Crippen molar-refractivity contribution in [2.75, 3.05) is 46.1 Å². The summed E-state index contributed by atoms with van der Waals surface area (Å²) in [4.78, 5) is 12.2. The van der Waals surface area contributed by atoms with Gasteiger partial charge >= 0.3 is 5.97 Å². The number of ether oxygens (including phenoxy) is 4. The summed E-state index contributed by atoms with van der Waals surface area (Å²) >= 11 is 6.11. The molecule has 0 spiro atoms. The Morgan fingerprint density at radius 1 is 1.03 bits per heavy atom. The van der Waals surface area contributed by atoms with Gasteiger partial charge in [0.2, 0.25) is 10.0 Å². The van der Waals surface area contributed by atoms with E-state index in [0.29, 0.717) is 25.6 Å². The van der Waals surface area contributed by atoms with Crippen LogP contribution in [0.2, 0.25) is 5.02 Å². The van der Waals surface area contributed by atoms with Crippen molar-refractivity contribution in [3.8, 4) is 11.5 Å². The van der Waals surface area contributed by atoms with Crippen molar-refractivity contribution in [3.63, 3.8) is 0 Å². The van der Waals surface area contributed by atoms with Gasteiger partial charge in [0.15, 0.2) is 0 Å². The van der Waals surface area contributed by atoms with Gasteiger partial charge in [-0.3, -0.25) is 0 Å². The second-order valence-electron chi connectivity index (χ2n) is 6.55. The molecule has 0 atom stereocenters. The maximum Gasteiger partial charge on any atom is 0.338 e. The Hall–Kier alpha value is -2.33. The first kappa shape index (κ1) is 23.3. The molecule has 2 aromatic rings. The number of sulfonamides is 1. The molecule has 1 aliphatic heterocycles. The maximum absolute atomic E-state index is 12.9. The second-order valence-corrected chi connectivity index (χ2v) is 8.86. The standard InChI is InChI=1S/C21H24ClNO7S/c1-2-28-17-4-6-18(7-5-17)29-13-14-30-21(24)16-3-8-19(22)20(15-16)31(25,26)23-9-11-27-12-10-23/h3-8,15H,2,9-14H2,1H3. The van der Waals surface area contributed by atoms with Gasteiger partial charge in [-0.05, 0) is 49.4 Å². The largest absolute Gasteiger partial charge is 0.494 e. The molecular formula is C21H24ClNO7S. The van der Waals surface area contributed by atoms with Crippen LogP contribution in [0, 0.1) is 0 Å². The Labute approximate surface area is 186 Å². The van der Waals surface area contributed by atoms with Gasteiger partial charge in [-0.1, -0.05) is 11.6 Å². The predicted octanol–water partition coefficient (Wildman–Crippen LogP) is 3.00. The molecule has 0 bridgehead atoms. The highest BCUT2D eigenvalue weighted by molar-refractivity contribution is 7.89. The molecule has 0 amide bonds. The average Bonchev–Trinajstić information content (AvgIpc) is 2.78. The fourth-order valence-electron chi connectivity index (χ4n) is 2.93. The second kappa shape index (κ2) is 10.8. The molecule has 1 fully saturated rings. The number of hydrogen-bond acceptors (Lipinski definition) is 7. The third kappa shape index (κ3) is 6.10. The predicted molar refractivity (Wildman–Crippen MR) is 114 cm³/mol. The third-order valence-electron chi connectivity index (χ3n) is 4.47. The zero-order chi connectivity index (χ0) is 22.3. The van der Waals surface area contributed by atoms with Crippen LogP contribution in [0.25, 0.3) is 0 Å². The van der Waals surface area contributed by atoms with Crippen molar-refractivity contribution >= 4 is 27.6 Å². The van der Waals surface area contributed by atoms with Crippen LogP contribution in [0.4, 0.5) is 0 Å². The summed E-state index contributed by atoms with van der Waals surface area (Å²) in [6, 6.07) is 11.1. The van der Waals surface area contributed by atoms with E-state index in [1.54, 1.807) is 24.3 Å². The van der Waals surface area contributed by atoms with E-state index in [-0.39, 0.29) is 41.8 Å². The van der Waals surface area contributed by atoms with Crippen LogP contribution in [0.15, 0.2) is 47.4 Å². The van der Waals surface area contributed by atoms with Crippen molar-refractivity contribution in [1.82, 2.24) is 4.31 Å². The molecule has 1 heterocycles. The number of carbonyl (C=O) groups excluding carboxylic acids is 1. The first-order valence-corrected chi connectivity index (χ1v) is 11.6. The highest BCUT2D eigenvalue weighted by Gasteiger charge is 2.29. The molecule has 168 valence electrons. The molecule has 0 saturated carbocycles. The van der Waals surface area contributed by atoms with Gasteiger partial charge in [-0.25, -0.2) is 13.2 Å². The van der Waals surface area contributed by atoms with Crippen molar-refractivity contribution in [2.45, 2.75) is 11.8 Å². The summed E-state index contributed by atoms with van der Waals surface area (Å²) in [5.74, 6) is 0.696. The van der Waals surface area contributed by atoms with Gasteiger partial charge in [0.05, 0.1) is 30.4 Å². The summed E-state index contributed by atoms with van der Waals surface area (Å²) in [7, 11) is -3.84. The molecule has 0 aromatic heterocycles. The molecular weight excluding hydrogens is 446 g/mol. The minimum absolute atomic E-state index is 0.000217. The van der Waals surface area contributed by atoms with Crippen LogP contribution in [0.1, 0.15) is 17.3 Å². The molecule has 1 aliphatic rings. The third-order valence-corrected chi connectivity index (χ3v) is 6.85. The van der Waals surface area contributed by atoms with E-state index < -0.39 is 16.0 Å². The fourth-order valence-corrected chi connectivity index (χ4v) is 4.84. The molecule has 0 radical (unpaired) electrons. The summed E-state index contributed by atoms with van der Waals surface area (Å²) in [6.07, 6.45) is 0. The van der Waals surface area contributed by atoms with Gasteiger partial charge in [-0.15, -0.1) is 0 Å². The van der Waals surface area contributed by atoms with E-state index in [1.807, 2.05) is 6.92 Å². The number of esters is 1. The molecule has 2 aromatic carbocycles. The first-order valence-electron chi connectivity index (χ1n) is 9.82. The topological polar surface area (TPSA) is 91.4 Å². The molecule has 3 rings (SSSR count). The van der Waals surface area contributed by atoms with Gasteiger partial charge in [0.1, 0.15) is 29.6 Å². The van der Waals surface area contributed by atoms with Crippen LogP contribution < -0.4 is 9.47 Å². The molecule has 31 heavy (non-hydrogen) atoms. The van der Waals surface area contributed by atoms with E-state index in [0.717, 1.165) is 5.75 Å². The smallest absolute Gasteiger partial charge is 0.338 e. The van der Waals surface area contributed by atoms with Gasteiger partial charge in [0, 0.05) is 13.1 Å². The monoisotopic (exact) mass is 469 g/mol. The van der Waals surface area contributed by atoms with E-state index in [1.165, 1.54) is 22.5 Å². The molecule has 0 unspecified atom stereocenters. The van der Waals surface area contributed by atoms with E-state index in [4.69, 9.17) is 30.5 Å².